The Hall–Kier alpha value is -3.17. The van der Waals surface area contributed by atoms with Gasteiger partial charge in [0, 0.05) is 25.4 Å². The predicted molar refractivity (Wildman–Crippen MR) is 104 cm³/mol. The zero-order chi connectivity index (χ0) is 20.4. The summed E-state index contributed by atoms with van der Waals surface area (Å²) in [5, 5.41) is 30.8. The van der Waals surface area contributed by atoms with Crippen LogP contribution in [-0.4, -0.2) is 46.5 Å². The quantitative estimate of drug-likeness (QED) is 0.605. The van der Waals surface area contributed by atoms with Crippen molar-refractivity contribution in [1.29, 1.82) is 0 Å². The second-order valence-corrected chi connectivity index (χ2v) is 7.65. The van der Waals surface area contributed by atoms with Gasteiger partial charge in [0.2, 0.25) is 0 Å². The van der Waals surface area contributed by atoms with Gasteiger partial charge in [0.1, 0.15) is 5.82 Å². The first-order valence-corrected chi connectivity index (χ1v) is 9.43. The Kier molecular flexibility index (Phi) is 3.80. The molecule has 5 rings (SSSR count). The van der Waals surface area contributed by atoms with Crippen LogP contribution in [-0.2, 0) is 0 Å². The lowest BCUT2D eigenvalue weighted by molar-refractivity contribution is -0.543. The third kappa shape index (κ3) is 2.44. The average Bonchev–Trinajstić information content (AvgIpc) is 3.16. The fraction of sp³-hybridized carbons (Fsp3) is 0.350. The number of nitrogens with one attached hydrogen (secondary N) is 2. The van der Waals surface area contributed by atoms with Gasteiger partial charge in [-0.1, -0.05) is 12.1 Å². The maximum Gasteiger partial charge on any atom is 0.267 e. The number of anilines is 2. The van der Waals surface area contributed by atoms with Crippen molar-refractivity contribution in [1.82, 2.24) is 20.2 Å². The molecule has 1 aromatic carbocycles. The molecule has 2 atom stereocenters. The lowest BCUT2D eigenvalue weighted by atomic mass is 9.65. The van der Waals surface area contributed by atoms with Crippen LogP contribution in [0.5, 0.6) is 0 Å². The second-order valence-electron chi connectivity index (χ2n) is 7.65. The minimum atomic E-state index is -1.17. The van der Waals surface area contributed by atoms with Crippen LogP contribution >= 0.6 is 0 Å². The number of rotatable bonds is 2. The van der Waals surface area contributed by atoms with Crippen molar-refractivity contribution in [2.45, 2.75) is 25.0 Å². The van der Waals surface area contributed by atoms with Gasteiger partial charge in [-0.2, -0.15) is 0 Å². The second kappa shape index (κ2) is 6.16. The molecule has 2 N–H and O–H groups in total. The molecule has 29 heavy (non-hydrogen) atoms. The van der Waals surface area contributed by atoms with Crippen molar-refractivity contribution in [3.63, 3.8) is 0 Å². The highest BCUT2D eigenvalue weighted by molar-refractivity contribution is 5.85. The Morgan fingerprint density at radius 1 is 1.00 bits per heavy atom. The molecule has 9 heteroatoms. The van der Waals surface area contributed by atoms with Gasteiger partial charge in [0.25, 0.3) is 5.56 Å². The van der Waals surface area contributed by atoms with Crippen LogP contribution in [0.3, 0.4) is 0 Å². The van der Waals surface area contributed by atoms with E-state index in [2.05, 4.69) is 20.2 Å². The van der Waals surface area contributed by atoms with E-state index in [9.17, 15) is 15.0 Å². The molecule has 1 fully saturated rings. The predicted octanol–water partition coefficient (Wildman–Crippen LogP) is -0.447. The van der Waals surface area contributed by atoms with Gasteiger partial charge in [0.15, 0.2) is 11.6 Å². The largest absolute Gasteiger partial charge is 0.851 e. The Labute approximate surface area is 166 Å². The number of para-hydroxylation sites is 2. The molecule has 0 amide bonds. The molecule has 1 aliphatic carbocycles. The minimum Gasteiger partial charge on any atom is -0.851 e. The van der Waals surface area contributed by atoms with E-state index >= 15 is 0 Å². The number of benzene rings is 1. The number of aromatic nitrogens is 4. The van der Waals surface area contributed by atoms with Crippen LogP contribution in [0.25, 0.3) is 11.0 Å². The number of H-pyrrole nitrogens is 2. The summed E-state index contributed by atoms with van der Waals surface area (Å²) >= 11 is 0. The SMILES string of the molecule is Cc1[nH][nH]c(=O)c1C1C([O-])C(C=C2N(C)c3nc4ccccc4nc3N2C)C1[O-]. The van der Waals surface area contributed by atoms with Gasteiger partial charge in [-0.05, 0) is 37.0 Å². The summed E-state index contributed by atoms with van der Waals surface area (Å²) in [6.07, 6.45) is -0.645. The molecule has 1 aliphatic heterocycles. The van der Waals surface area contributed by atoms with Crippen LogP contribution in [0.4, 0.5) is 11.6 Å². The number of aromatic amines is 2. The molecule has 3 aromatic rings. The van der Waals surface area contributed by atoms with Crippen molar-refractivity contribution in [3.05, 3.63) is 57.8 Å². The van der Waals surface area contributed by atoms with Gasteiger partial charge in [-0.25, -0.2) is 9.97 Å². The topological polar surface area (TPSA) is 127 Å². The molecule has 0 bridgehead atoms. The maximum absolute atomic E-state index is 12.8. The summed E-state index contributed by atoms with van der Waals surface area (Å²) in [6.45, 7) is 1.69. The van der Waals surface area contributed by atoms with Gasteiger partial charge >= 0.3 is 0 Å². The van der Waals surface area contributed by atoms with E-state index in [1.54, 1.807) is 13.0 Å². The normalized spacial score (nSPS) is 26.0. The standard InChI is InChI=1S/C20H20N6O3/c1-9-14(20(29)24-23-9)15-16(27)10(17(15)28)8-13-25(2)18-19(26(13)3)22-12-7-5-4-6-11(12)21-18/h4-8,10,15-17H,1-3H3,(H2,23,24,29)/q-2. The molecule has 0 saturated heterocycles. The minimum absolute atomic E-state index is 0.283. The smallest absolute Gasteiger partial charge is 0.267 e. The molecule has 0 radical (unpaired) electrons. The number of nitrogens with zero attached hydrogens (tertiary/aromatic N) is 4. The van der Waals surface area contributed by atoms with Gasteiger partial charge in [-0.15, -0.1) is 12.2 Å². The van der Waals surface area contributed by atoms with Gasteiger partial charge < -0.3 is 25.1 Å². The van der Waals surface area contributed by atoms with Crippen LogP contribution < -0.4 is 25.6 Å². The van der Waals surface area contributed by atoms with Crippen LogP contribution in [0.1, 0.15) is 17.2 Å². The lowest BCUT2D eigenvalue weighted by Crippen LogP contribution is -2.65. The molecule has 2 unspecified atom stereocenters. The first-order chi connectivity index (χ1) is 13.9. The van der Waals surface area contributed by atoms with E-state index in [1.165, 1.54) is 0 Å². The molecule has 3 heterocycles. The van der Waals surface area contributed by atoms with Crippen molar-refractivity contribution >= 4 is 22.7 Å². The molecule has 2 aromatic heterocycles. The van der Waals surface area contributed by atoms with E-state index in [0.29, 0.717) is 23.2 Å². The fourth-order valence-electron chi connectivity index (χ4n) is 4.35. The van der Waals surface area contributed by atoms with Crippen molar-refractivity contribution in [2.24, 2.45) is 5.92 Å². The summed E-state index contributed by atoms with van der Waals surface area (Å²) in [6, 6.07) is 7.60. The number of fused-ring (bicyclic) bond motifs is 2. The van der Waals surface area contributed by atoms with E-state index in [-0.39, 0.29) is 11.1 Å². The van der Waals surface area contributed by atoms with Crippen molar-refractivity contribution in [3.8, 4) is 0 Å². The Balaban J connectivity index is 1.48. The lowest BCUT2D eigenvalue weighted by Gasteiger charge is -2.60. The van der Waals surface area contributed by atoms with E-state index in [1.807, 2.05) is 48.2 Å². The van der Waals surface area contributed by atoms with Gasteiger partial charge in [-0.3, -0.25) is 9.89 Å². The number of hydrogen-bond acceptors (Lipinski definition) is 7. The molecular weight excluding hydrogens is 372 g/mol. The van der Waals surface area contributed by atoms with E-state index in [4.69, 9.17) is 0 Å². The Bertz CT molecular complexity index is 1140. The third-order valence-electron chi connectivity index (χ3n) is 6.01. The van der Waals surface area contributed by atoms with Crippen LogP contribution in [0.2, 0.25) is 0 Å². The summed E-state index contributed by atoms with van der Waals surface area (Å²) in [4.78, 5) is 25.0. The summed E-state index contributed by atoms with van der Waals surface area (Å²) in [5.41, 5.74) is 2.01. The molecular formula is C20H20N6O3-2. The van der Waals surface area contributed by atoms with Crippen LogP contribution in [0.15, 0.2) is 41.0 Å². The summed E-state index contributed by atoms with van der Waals surface area (Å²) < 4.78 is 0. The maximum atomic E-state index is 12.8. The van der Waals surface area contributed by atoms with E-state index in [0.717, 1.165) is 11.0 Å². The van der Waals surface area contributed by atoms with E-state index < -0.39 is 24.0 Å². The Morgan fingerprint density at radius 3 is 2.03 bits per heavy atom. The number of hydrogen-bond donors (Lipinski definition) is 2. The molecule has 2 aliphatic rings. The highest BCUT2D eigenvalue weighted by atomic mass is 16.3. The summed E-state index contributed by atoms with van der Waals surface area (Å²) in [7, 11) is 3.68. The molecule has 150 valence electrons. The van der Waals surface area contributed by atoms with Crippen molar-refractivity contribution in [2.75, 3.05) is 23.9 Å². The zero-order valence-corrected chi connectivity index (χ0v) is 16.2. The Morgan fingerprint density at radius 2 is 1.55 bits per heavy atom. The molecule has 9 nitrogen and oxygen atoms in total. The molecule has 0 spiro atoms. The van der Waals surface area contributed by atoms with Crippen molar-refractivity contribution < 1.29 is 10.2 Å². The first-order valence-electron chi connectivity index (χ1n) is 9.43. The monoisotopic (exact) mass is 392 g/mol. The summed E-state index contributed by atoms with van der Waals surface area (Å²) in [5.74, 6) is 0.481. The van der Waals surface area contributed by atoms with Crippen LogP contribution in [0, 0.1) is 12.8 Å². The number of aryl methyl sites for hydroxylation is 1. The average molecular weight is 392 g/mol. The fourth-order valence-corrected chi connectivity index (χ4v) is 4.35. The molecule has 1 saturated carbocycles. The zero-order valence-electron chi connectivity index (χ0n) is 16.2. The highest BCUT2D eigenvalue weighted by Gasteiger charge is 2.40. The third-order valence-corrected chi connectivity index (χ3v) is 6.01. The first kappa shape index (κ1) is 17.9. The van der Waals surface area contributed by atoms with Gasteiger partial charge in [0.05, 0.1) is 11.0 Å². The highest BCUT2D eigenvalue weighted by Crippen LogP contribution is 2.43.